The third-order valence-corrected chi connectivity index (χ3v) is 3.79. The molecular formula is C10H22N4O2S. The molecule has 0 bridgehead atoms. The summed E-state index contributed by atoms with van der Waals surface area (Å²) in [6, 6.07) is 0.440. The number of nitrogens with one attached hydrogen (secondary N) is 3. The fourth-order valence-corrected chi connectivity index (χ4v) is 2.54. The minimum Gasteiger partial charge on any atom is -0.355 e. The first-order valence-corrected chi connectivity index (χ1v) is 7.55. The summed E-state index contributed by atoms with van der Waals surface area (Å²) in [5.74, 6) is 0.726. The quantitative estimate of drug-likeness (QED) is 0.451. The van der Waals surface area contributed by atoms with Crippen LogP contribution < -0.4 is 15.4 Å². The summed E-state index contributed by atoms with van der Waals surface area (Å²) in [4.78, 5) is 4.03. The fourth-order valence-electron chi connectivity index (χ4n) is 1.34. The van der Waals surface area contributed by atoms with E-state index in [0.717, 1.165) is 12.8 Å². The molecule has 0 atom stereocenters. The molecule has 0 spiro atoms. The lowest BCUT2D eigenvalue weighted by molar-refractivity contribution is 0.568. The molecule has 1 aliphatic carbocycles. The summed E-state index contributed by atoms with van der Waals surface area (Å²) < 4.78 is 25.6. The first-order chi connectivity index (χ1) is 7.93. The van der Waals surface area contributed by atoms with E-state index in [2.05, 4.69) is 20.3 Å². The van der Waals surface area contributed by atoms with Gasteiger partial charge in [0.2, 0.25) is 10.0 Å². The molecule has 1 aliphatic rings. The van der Waals surface area contributed by atoms with Crippen LogP contribution in [-0.2, 0) is 10.0 Å². The van der Waals surface area contributed by atoms with E-state index in [0.29, 0.717) is 18.5 Å². The predicted octanol–water partition coefficient (Wildman–Crippen LogP) is -0.358. The van der Waals surface area contributed by atoms with Crippen LogP contribution in [0.2, 0.25) is 0 Å². The van der Waals surface area contributed by atoms with Crippen LogP contribution in [0.1, 0.15) is 26.7 Å². The van der Waals surface area contributed by atoms with Crippen molar-refractivity contribution < 1.29 is 8.42 Å². The van der Waals surface area contributed by atoms with Crippen molar-refractivity contribution in [1.29, 1.82) is 0 Å². The topological polar surface area (TPSA) is 82.6 Å². The molecule has 0 aromatic heterocycles. The van der Waals surface area contributed by atoms with Gasteiger partial charge in [-0.15, -0.1) is 0 Å². The van der Waals surface area contributed by atoms with Crippen LogP contribution in [0.15, 0.2) is 4.99 Å². The number of guanidine groups is 1. The smallest absolute Gasteiger partial charge is 0.213 e. The van der Waals surface area contributed by atoms with Gasteiger partial charge in [-0.3, -0.25) is 4.99 Å². The molecule has 1 rings (SSSR count). The van der Waals surface area contributed by atoms with Crippen molar-refractivity contribution in [1.82, 2.24) is 15.4 Å². The molecule has 0 aromatic rings. The van der Waals surface area contributed by atoms with Crippen molar-refractivity contribution in [3.8, 4) is 0 Å². The number of rotatable bonds is 6. The molecule has 0 heterocycles. The lowest BCUT2D eigenvalue weighted by atomic mass is 10.4. The zero-order valence-electron chi connectivity index (χ0n) is 10.7. The molecule has 1 saturated carbocycles. The molecular weight excluding hydrogens is 240 g/mol. The first-order valence-electron chi connectivity index (χ1n) is 5.90. The third kappa shape index (κ3) is 6.48. The maximum Gasteiger partial charge on any atom is 0.213 e. The summed E-state index contributed by atoms with van der Waals surface area (Å²) in [6.45, 7) is 3.96. The molecule has 0 aromatic carbocycles. The first kappa shape index (κ1) is 14.2. The Kier molecular flexibility index (Phi) is 5.20. The van der Waals surface area contributed by atoms with Gasteiger partial charge in [0, 0.05) is 25.7 Å². The van der Waals surface area contributed by atoms with Gasteiger partial charge in [-0.25, -0.2) is 13.1 Å². The molecule has 3 N–H and O–H groups in total. The van der Waals surface area contributed by atoms with Gasteiger partial charge in [0.15, 0.2) is 5.96 Å². The Hall–Kier alpha value is -0.820. The monoisotopic (exact) mass is 262 g/mol. The van der Waals surface area contributed by atoms with E-state index >= 15 is 0 Å². The summed E-state index contributed by atoms with van der Waals surface area (Å²) >= 11 is 0. The highest BCUT2D eigenvalue weighted by atomic mass is 32.2. The maximum atomic E-state index is 11.5. The highest BCUT2D eigenvalue weighted by molar-refractivity contribution is 7.89. The van der Waals surface area contributed by atoms with Gasteiger partial charge in [-0.1, -0.05) is 0 Å². The molecule has 0 radical (unpaired) electrons. The minimum atomic E-state index is -3.19. The Morgan fingerprint density at radius 2 is 2.06 bits per heavy atom. The Labute approximate surface area is 103 Å². The van der Waals surface area contributed by atoms with Crippen molar-refractivity contribution in [3.63, 3.8) is 0 Å². The molecule has 1 fully saturated rings. The van der Waals surface area contributed by atoms with Gasteiger partial charge >= 0.3 is 0 Å². The number of sulfonamides is 1. The van der Waals surface area contributed by atoms with E-state index in [1.807, 2.05) is 0 Å². The predicted molar refractivity (Wildman–Crippen MR) is 69.6 cm³/mol. The van der Waals surface area contributed by atoms with Crippen molar-refractivity contribution in [3.05, 3.63) is 0 Å². The lowest BCUT2D eigenvalue weighted by Gasteiger charge is -2.12. The fraction of sp³-hybridized carbons (Fsp3) is 0.900. The molecule has 100 valence electrons. The number of hydrogen-bond acceptors (Lipinski definition) is 3. The number of nitrogens with zero attached hydrogens (tertiary/aromatic N) is 1. The average molecular weight is 262 g/mol. The normalized spacial score (nSPS) is 17.3. The van der Waals surface area contributed by atoms with Crippen molar-refractivity contribution in [2.75, 3.05) is 19.3 Å². The summed E-state index contributed by atoms with van der Waals surface area (Å²) in [5.41, 5.74) is 0. The van der Waals surface area contributed by atoms with E-state index in [1.54, 1.807) is 20.9 Å². The molecule has 0 aliphatic heterocycles. The second-order valence-electron chi connectivity index (χ2n) is 4.51. The van der Waals surface area contributed by atoms with Gasteiger partial charge in [-0.05, 0) is 26.7 Å². The SMILES string of the molecule is CN=C(NCCS(=O)(=O)NC(C)C)NC1CC1. The zero-order valence-corrected chi connectivity index (χ0v) is 11.5. The van der Waals surface area contributed by atoms with Crippen LogP contribution in [0.4, 0.5) is 0 Å². The summed E-state index contributed by atoms with van der Waals surface area (Å²) in [6.07, 6.45) is 2.32. The lowest BCUT2D eigenvalue weighted by Crippen LogP contribution is -2.42. The highest BCUT2D eigenvalue weighted by Gasteiger charge is 2.22. The third-order valence-electron chi connectivity index (χ3n) is 2.22. The molecule has 6 nitrogen and oxygen atoms in total. The molecule has 7 heteroatoms. The molecule has 0 unspecified atom stereocenters. The second kappa shape index (κ2) is 6.20. The van der Waals surface area contributed by atoms with Gasteiger partial charge in [0.05, 0.1) is 5.75 Å². The van der Waals surface area contributed by atoms with Gasteiger partial charge in [0.1, 0.15) is 0 Å². The van der Waals surface area contributed by atoms with Crippen LogP contribution >= 0.6 is 0 Å². The van der Waals surface area contributed by atoms with Crippen LogP contribution in [0.3, 0.4) is 0 Å². The highest BCUT2D eigenvalue weighted by Crippen LogP contribution is 2.18. The second-order valence-corrected chi connectivity index (χ2v) is 6.38. The molecule has 0 saturated heterocycles. The Morgan fingerprint density at radius 1 is 1.41 bits per heavy atom. The van der Waals surface area contributed by atoms with Crippen molar-refractivity contribution >= 4 is 16.0 Å². The average Bonchev–Trinajstić information content (AvgIpc) is 2.97. The van der Waals surface area contributed by atoms with Gasteiger partial charge in [-0.2, -0.15) is 0 Å². The number of aliphatic imine (C=N–C) groups is 1. The Morgan fingerprint density at radius 3 is 2.53 bits per heavy atom. The molecule has 17 heavy (non-hydrogen) atoms. The van der Waals surface area contributed by atoms with E-state index < -0.39 is 10.0 Å². The van der Waals surface area contributed by atoms with Crippen LogP contribution in [0.25, 0.3) is 0 Å². The van der Waals surface area contributed by atoms with Crippen LogP contribution in [0.5, 0.6) is 0 Å². The standard InChI is InChI=1S/C10H22N4O2S/c1-8(2)14-17(15,16)7-6-12-10(11-3)13-9-4-5-9/h8-9,14H,4-7H2,1-3H3,(H2,11,12,13). The largest absolute Gasteiger partial charge is 0.355 e. The van der Waals surface area contributed by atoms with Crippen molar-refractivity contribution in [2.24, 2.45) is 4.99 Å². The van der Waals surface area contributed by atoms with Crippen molar-refractivity contribution in [2.45, 2.75) is 38.8 Å². The van der Waals surface area contributed by atoms with Gasteiger partial charge in [0.25, 0.3) is 0 Å². The Balaban J connectivity index is 2.25. The van der Waals surface area contributed by atoms with Gasteiger partial charge < -0.3 is 10.6 Å². The summed E-state index contributed by atoms with van der Waals surface area (Å²) in [5, 5.41) is 6.18. The van der Waals surface area contributed by atoms with E-state index in [9.17, 15) is 8.42 Å². The summed E-state index contributed by atoms with van der Waals surface area (Å²) in [7, 11) is -1.51. The van der Waals surface area contributed by atoms with Crippen LogP contribution in [0, 0.1) is 0 Å². The molecule has 0 amide bonds. The van der Waals surface area contributed by atoms with E-state index in [4.69, 9.17) is 0 Å². The zero-order chi connectivity index (χ0) is 12.9. The number of hydrogen-bond donors (Lipinski definition) is 3. The van der Waals surface area contributed by atoms with E-state index in [1.165, 1.54) is 0 Å². The Bertz CT molecular complexity index is 361. The maximum absolute atomic E-state index is 11.5. The minimum absolute atomic E-state index is 0.0521. The van der Waals surface area contributed by atoms with Crippen LogP contribution in [-0.4, -0.2) is 45.8 Å². The van der Waals surface area contributed by atoms with E-state index in [-0.39, 0.29) is 11.8 Å².